The van der Waals surface area contributed by atoms with E-state index in [9.17, 15) is 9.59 Å². The highest BCUT2D eigenvalue weighted by atomic mass is 35.5. The molecule has 0 aliphatic rings. The van der Waals surface area contributed by atoms with Gasteiger partial charge in [0, 0.05) is 0 Å². The van der Waals surface area contributed by atoms with Crippen LogP contribution in [0.15, 0.2) is 53.9 Å². The summed E-state index contributed by atoms with van der Waals surface area (Å²) in [5.41, 5.74) is 1.11. The van der Waals surface area contributed by atoms with Crippen LogP contribution in [0.5, 0.6) is 17.2 Å². The van der Waals surface area contributed by atoms with Gasteiger partial charge < -0.3 is 18.9 Å². The summed E-state index contributed by atoms with van der Waals surface area (Å²) in [5, 5.41) is 2.00. The highest BCUT2D eigenvalue weighted by Gasteiger charge is 2.19. The molecule has 3 aromatic rings. The molecule has 1 heterocycles. The van der Waals surface area contributed by atoms with E-state index in [1.807, 2.05) is 12.1 Å². The molecule has 1 aromatic heterocycles. The predicted octanol–water partition coefficient (Wildman–Crippen LogP) is 5.35. The van der Waals surface area contributed by atoms with E-state index < -0.39 is 11.9 Å². The van der Waals surface area contributed by atoms with Crippen molar-refractivity contribution in [1.29, 1.82) is 0 Å². The normalized spacial score (nSPS) is 10.3. The SMILES string of the molecule is COC(=O)c1ccc(Cl)c(Oc2ccsc2C(=O)OCc2ccc(OC)cc2)c1. The van der Waals surface area contributed by atoms with Gasteiger partial charge in [0.15, 0.2) is 10.6 Å². The van der Waals surface area contributed by atoms with Crippen LogP contribution in [0.4, 0.5) is 0 Å². The second-order valence-electron chi connectivity index (χ2n) is 5.78. The van der Waals surface area contributed by atoms with E-state index >= 15 is 0 Å². The Morgan fingerprint density at radius 2 is 1.72 bits per heavy atom. The van der Waals surface area contributed by atoms with Crippen LogP contribution in [0.2, 0.25) is 5.02 Å². The number of ether oxygens (including phenoxy) is 4. The van der Waals surface area contributed by atoms with Crippen LogP contribution < -0.4 is 9.47 Å². The van der Waals surface area contributed by atoms with Gasteiger partial charge in [0.05, 0.1) is 24.8 Å². The highest BCUT2D eigenvalue weighted by Crippen LogP contribution is 2.35. The highest BCUT2D eigenvalue weighted by molar-refractivity contribution is 7.12. The van der Waals surface area contributed by atoms with Gasteiger partial charge >= 0.3 is 11.9 Å². The minimum Gasteiger partial charge on any atom is -0.497 e. The smallest absolute Gasteiger partial charge is 0.352 e. The number of halogens is 1. The Morgan fingerprint density at radius 1 is 0.966 bits per heavy atom. The average Bonchev–Trinajstić information content (AvgIpc) is 3.21. The van der Waals surface area contributed by atoms with Crippen molar-refractivity contribution in [2.24, 2.45) is 0 Å². The lowest BCUT2D eigenvalue weighted by Crippen LogP contribution is -2.05. The van der Waals surface area contributed by atoms with Crippen LogP contribution in [-0.4, -0.2) is 26.2 Å². The molecular formula is C21H17ClO6S. The molecule has 0 unspecified atom stereocenters. The van der Waals surface area contributed by atoms with Gasteiger partial charge in [-0.3, -0.25) is 0 Å². The summed E-state index contributed by atoms with van der Waals surface area (Å²) in [5.74, 6) is 0.206. The molecule has 0 atom stereocenters. The summed E-state index contributed by atoms with van der Waals surface area (Å²) in [6, 6.07) is 13.4. The fourth-order valence-electron chi connectivity index (χ4n) is 2.41. The number of esters is 2. The third-order valence-corrected chi connectivity index (χ3v) is 5.10. The van der Waals surface area contributed by atoms with Crippen molar-refractivity contribution >= 4 is 34.9 Å². The van der Waals surface area contributed by atoms with E-state index in [1.54, 1.807) is 30.7 Å². The van der Waals surface area contributed by atoms with E-state index in [4.69, 9.17) is 30.5 Å². The summed E-state index contributed by atoms with van der Waals surface area (Å²) < 4.78 is 21.0. The van der Waals surface area contributed by atoms with Crippen molar-refractivity contribution in [3.05, 3.63) is 74.9 Å². The first-order valence-corrected chi connectivity index (χ1v) is 9.71. The number of benzene rings is 2. The number of hydrogen-bond donors (Lipinski definition) is 0. The molecule has 0 radical (unpaired) electrons. The monoisotopic (exact) mass is 432 g/mol. The van der Waals surface area contributed by atoms with Gasteiger partial charge in [0.1, 0.15) is 18.1 Å². The molecule has 0 N–H and O–H groups in total. The largest absolute Gasteiger partial charge is 0.497 e. The first kappa shape index (κ1) is 20.7. The van der Waals surface area contributed by atoms with Crippen molar-refractivity contribution in [3.8, 4) is 17.2 Å². The minimum absolute atomic E-state index is 0.110. The van der Waals surface area contributed by atoms with Crippen LogP contribution in [0.1, 0.15) is 25.6 Å². The first-order valence-electron chi connectivity index (χ1n) is 8.45. The number of carbonyl (C=O) groups is 2. The van der Waals surface area contributed by atoms with E-state index in [2.05, 4.69) is 0 Å². The lowest BCUT2D eigenvalue weighted by molar-refractivity contribution is 0.0475. The third-order valence-electron chi connectivity index (χ3n) is 3.92. The summed E-state index contributed by atoms with van der Waals surface area (Å²) in [6.07, 6.45) is 0. The standard InChI is InChI=1S/C21H17ClO6S/c1-25-15-6-3-13(4-7-15)12-27-21(24)19-17(9-10-29-19)28-18-11-14(20(23)26-2)5-8-16(18)22/h3-11H,12H2,1-2H3. The molecule has 0 saturated heterocycles. The second kappa shape index (κ2) is 9.45. The summed E-state index contributed by atoms with van der Waals surface area (Å²) >= 11 is 7.34. The van der Waals surface area contributed by atoms with Crippen LogP contribution in [-0.2, 0) is 16.1 Å². The molecule has 0 amide bonds. The molecule has 150 valence electrons. The topological polar surface area (TPSA) is 71.1 Å². The minimum atomic E-state index is -0.522. The molecule has 0 aliphatic heterocycles. The zero-order chi connectivity index (χ0) is 20.8. The van der Waals surface area contributed by atoms with Gasteiger partial charge in [-0.05, 0) is 47.3 Å². The van der Waals surface area contributed by atoms with Gasteiger partial charge in [0.2, 0.25) is 0 Å². The van der Waals surface area contributed by atoms with Crippen LogP contribution in [0.3, 0.4) is 0 Å². The lowest BCUT2D eigenvalue weighted by atomic mass is 10.2. The maximum absolute atomic E-state index is 12.5. The van der Waals surface area contributed by atoms with Crippen LogP contribution in [0.25, 0.3) is 0 Å². The second-order valence-corrected chi connectivity index (χ2v) is 7.10. The molecule has 2 aromatic carbocycles. The molecule has 0 spiro atoms. The molecule has 3 rings (SSSR count). The Hall–Kier alpha value is -3.03. The Balaban J connectivity index is 1.71. The van der Waals surface area contributed by atoms with Crippen molar-refractivity contribution in [3.63, 3.8) is 0 Å². The van der Waals surface area contributed by atoms with Crippen molar-refractivity contribution in [2.75, 3.05) is 14.2 Å². The maximum Gasteiger partial charge on any atom is 0.352 e. The van der Waals surface area contributed by atoms with Gasteiger partial charge in [-0.25, -0.2) is 9.59 Å². The molecule has 6 nitrogen and oxygen atoms in total. The Kier molecular flexibility index (Phi) is 6.74. The van der Waals surface area contributed by atoms with Crippen LogP contribution in [0, 0.1) is 0 Å². The van der Waals surface area contributed by atoms with E-state index in [1.165, 1.54) is 36.6 Å². The Morgan fingerprint density at radius 3 is 2.41 bits per heavy atom. The summed E-state index contributed by atoms with van der Waals surface area (Å²) in [7, 11) is 2.87. The van der Waals surface area contributed by atoms with E-state index in [-0.39, 0.29) is 22.8 Å². The van der Waals surface area contributed by atoms with E-state index in [0.717, 1.165) is 11.3 Å². The van der Waals surface area contributed by atoms with Crippen LogP contribution >= 0.6 is 22.9 Å². The quantitative estimate of drug-likeness (QED) is 0.469. The fourth-order valence-corrected chi connectivity index (χ4v) is 3.27. The number of carbonyl (C=O) groups excluding carboxylic acids is 2. The number of hydrogen-bond acceptors (Lipinski definition) is 7. The molecule has 29 heavy (non-hydrogen) atoms. The first-order chi connectivity index (χ1) is 14.0. The number of thiophene rings is 1. The number of methoxy groups -OCH3 is 2. The van der Waals surface area contributed by atoms with E-state index in [0.29, 0.717) is 10.8 Å². The zero-order valence-electron chi connectivity index (χ0n) is 15.6. The molecule has 0 saturated carbocycles. The Bertz CT molecular complexity index is 1010. The summed E-state index contributed by atoms with van der Waals surface area (Å²) in [4.78, 5) is 24.5. The molecule has 8 heteroatoms. The van der Waals surface area contributed by atoms with Crippen molar-refractivity contribution in [2.45, 2.75) is 6.61 Å². The average molecular weight is 433 g/mol. The van der Waals surface area contributed by atoms with Crippen molar-refractivity contribution < 1.29 is 28.5 Å². The third kappa shape index (κ3) is 5.07. The fraction of sp³-hybridized carbons (Fsp3) is 0.143. The molecule has 0 fully saturated rings. The zero-order valence-corrected chi connectivity index (χ0v) is 17.2. The van der Waals surface area contributed by atoms with Gasteiger partial charge in [0.25, 0.3) is 0 Å². The van der Waals surface area contributed by atoms with Gasteiger partial charge in [-0.2, -0.15) is 0 Å². The molecule has 0 aliphatic carbocycles. The Labute approximate surface area is 176 Å². The van der Waals surface area contributed by atoms with Crippen molar-refractivity contribution in [1.82, 2.24) is 0 Å². The molecule has 0 bridgehead atoms. The summed E-state index contributed by atoms with van der Waals surface area (Å²) in [6.45, 7) is 0.110. The lowest BCUT2D eigenvalue weighted by Gasteiger charge is -2.10. The predicted molar refractivity (Wildman–Crippen MR) is 109 cm³/mol. The van der Waals surface area contributed by atoms with Gasteiger partial charge in [-0.1, -0.05) is 23.7 Å². The maximum atomic E-state index is 12.5. The van der Waals surface area contributed by atoms with Gasteiger partial charge in [-0.15, -0.1) is 11.3 Å². The molecular weight excluding hydrogens is 416 g/mol. The number of rotatable bonds is 7.